The molecule has 17 heavy (non-hydrogen) atoms. The Bertz CT molecular complexity index is 316. The summed E-state index contributed by atoms with van der Waals surface area (Å²) in [6.07, 6.45) is 7.30. The van der Waals surface area contributed by atoms with Crippen molar-refractivity contribution in [2.45, 2.75) is 44.3 Å². The third kappa shape index (κ3) is 3.07. The molecule has 2 aliphatic rings. The maximum atomic E-state index is 11.7. The van der Waals surface area contributed by atoms with E-state index < -0.39 is 5.60 Å². The lowest BCUT2D eigenvalue weighted by Crippen LogP contribution is -2.47. The van der Waals surface area contributed by atoms with Gasteiger partial charge in [-0.2, -0.15) is 0 Å². The molecule has 0 bridgehead atoms. The van der Waals surface area contributed by atoms with Crippen LogP contribution in [0.3, 0.4) is 0 Å². The van der Waals surface area contributed by atoms with Crippen LogP contribution in [0.2, 0.25) is 0 Å². The third-order valence-electron chi connectivity index (χ3n) is 3.81. The standard InChI is InChI=1S/C13H21NO3/c1-10-13(16,6-7-17-10)9-14-12(15)8-11-4-2-3-5-11/h2,4,10-11,16H,3,5-9H2,1H3,(H,14,15). The number of nitrogens with one attached hydrogen (secondary N) is 1. The first kappa shape index (κ1) is 12.6. The van der Waals surface area contributed by atoms with Crippen molar-refractivity contribution in [1.82, 2.24) is 5.32 Å². The zero-order valence-electron chi connectivity index (χ0n) is 10.3. The summed E-state index contributed by atoms with van der Waals surface area (Å²) in [5, 5.41) is 13.0. The van der Waals surface area contributed by atoms with Gasteiger partial charge in [0.05, 0.1) is 6.10 Å². The van der Waals surface area contributed by atoms with Crippen LogP contribution in [0.4, 0.5) is 0 Å². The van der Waals surface area contributed by atoms with E-state index in [-0.39, 0.29) is 12.0 Å². The minimum atomic E-state index is -0.888. The fourth-order valence-corrected chi connectivity index (χ4v) is 2.43. The molecule has 96 valence electrons. The van der Waals surface area contributed by atoms with Crippen LogP contribution in [0, 0.1) is 5.92 Å². The van der Waals surface area contributed by atoms with E-state index >= 15 is 0 Å². The minimum Gasteiger partial charge on any atom is -0.385 e. The van der Waals surface area contributed by atoms with Gasteiger partial charge in [-0.3, -0.25) is 4.79 Å². The lowest BCUT2D eigenvalue weighted by molar-refractivity contribution is -0.123. The fraction of sp³-hybridized carbons (Fsp3) is 0.769. The first-order chi connectivity index (χ1) is 8.10. The van der Waals surface area contributed by atoms with Gasteiger partial charge in [0.15, 0.2) is 0 Å². The number of rotatable bonds is 4. The summed E-state index contributed by atoms with van der Waals surface area (Å²) in [5.41, 5.74) is -0.888. The summed E-state index contributed by atoms with van der Waals surface area (Å²) < 4.78 is 5.32. The van der Waals surface area contributed by atoms with E-state index in [1.165, 1.54) is 0 Å². The van der Waals surface area contributed by atoms with Gasteiger partial charge in [-0.05, 0) is 25.7 Å². The lowest BCUT2D eigenvalue weighted by Gasteiger charge is -2.26. The molecule has 3 unspecified atom stereocenters. The van der Waals surface area contributed by atoms with Crippen LogP contribution in [0.15, 0.2) is 12.2 Å². The van der Waals surface area contributed by atoms with Crippen molar-refractivity contribution in [2.24, 2.45) is 5.92 Å². The molecule has 0 aromatic rings. The molecule has 1 saturated heterocycles. The molecule has 1 heterocycles. The second-order valence-electron chi connectivity index (χ2n) is 5.11. The van der Waals surface area contributed by atoms with E-state index in [2.05, 4.69) is 17.5 Å². The summed E-state index contributed by atoms with van der Waals surface area (Å²) in [5.74, 6) is 0.399. The van der Waals surface area contributed by atoms with Gasteiger partial charge in [0.2, 0.25) is 5.91 Å². The van der Waals surface area contributed by atoms with Crippen molar-refractivity contribution in [3.05, 3.63) is 12.2 Å². The first-order valence-electron chi connectivity index (χ1n) is 6.37. The molecule has 4 nitrogen and oxygen atoms in total. The zero-order valence-corrected chi connectivity index (χ0v) is 10.3. The lowest BCUT2D eigenvalue weighted by atomic mass is 9.96. The van der Waals surface area contributed by atoms with Gasteiger partial charge in [-0.25, -0.2) is 0 Å². The maximum Gasteiger partial charge on any atom is 0.220 e. The normalized spacial score (nSPS) is 36.4. The molecule has 0 aromatic carbocycles. The van der Waals surface area contributed by atoms with E-state index in [9.17, 15) is 9.90 Å². The SMILES string of the molecule is CC1OCCC1(O)CNC(=O)CC1C=CCC1. The van der Waals surface area contributed by atoms with Gasteiger partial charge in [0.25, 0.3) is 0 Å². The number of hydrogen-bond donors (Lipinski definition) is 2. The van der Waals surface area contributed by atoms with E-state index in [0.29, 0.717) is 31.9 Å². The van der Waals surface area contributed by atoms with E-state index in [1.54, 1.807) is 0 Å². The average molecular weight is 239 g/mol. The largest absolute Gasteiger partial charge is 0.385 e. The summed E-state index contributed by atoms with van der Waals surface area (Å²) in [6.45, 7) is 2.71. The summed E-state index contributed by atoms with van der Waals surface area (Å²) >= 11 is 0. The van der Waals surface area contributed by atoms with Crippen LogP contribution in [-0.2, 0) is 9.53 Å². The number of amides is 1. The highest BCUT2D eigenvalue weighted by molar-refractivity contribution is 5.76. The minimum absolute atomic E-state index is 0.0223. The Labute approximate surface area is 102 Å². The van der Waals surface area contributed by atoms with Crippen LogP contribution in [-0.4, -0.2) is 35.9 Å². The van der Waals surface area contributed by atoms with Gasteiger partial charge in [-0.1, -0.05) is 12.2 Å². The molecule has 2 rings (SSSR count). The Morgan fingerprint density at radius 3 is 3.06 bits per heavy atom. The Morgan fingerprint density at radius 1 is 1.65 bits per heavy atom. The Morgan fingerprint density at radius 2 is 2.47 bits per heavy atom. The van der Waals surface area contributed by atoms with E-state index in [0.717, 1.165) is 12.8 Å². The molecule has 2 N–H and O–H groups in total. The van der Waals surface area contributed by atoms with Crippen LogP contribution in [0.5, 0.6) is 0 Å². The predicted molar refractivity (Wildman–Crippen MR) is 64.5 cm³/mol. The van der Waals surface area contributed by atoms with E-state index in [1.807, 2.05) is 6.92 Å². The summed E-state index contributed by atoms with van der Waals surface area (Å²) in [4.78, 5) is 11.7. The number of aliphatic hydroxyl groups is 1. The zero-order chi connectivity index (χ0) is 12.3. The quantitative estimate of drug-likeness (QED) is 0.720. The van der Waals surface area contributed by atoms with Crippen molar-refractivity contribution in [1.29, 1.82) is 0 Å². The van der Waals surface area contributed by atoms with Gasteiger partial charge in [-0.15, -0.1) is 0 Å². The maximum absolute atomic E-state index is 11.7. The molecule has 1 aliphatic heterocycles. The molecule has 1 fully saturated rings. The Balaban J connectivity index is 1.73. The number of carbonyl (C=O) groups is 1. The van der Waals surface area contributed by atoms with Crippen molar-refractivity contribution in [2.75, 3.05) is 13.2 Å². The molecule has 3 atom stereocenters. The van der Waals surface area contributed by atoms with Gasteiger partial charge in [0, 0.05) is 26.0 Å². The Kier molecular flexibility index (Phi) is 3.84. The van der Waals surface area contributed by atoms with Crippen LogP contribution < -0.4 is 5.32 Å². The van der Waals surface area contributed by atoms with Crippen molar-refractivity contribution >= 4 is 5.91 Å². The molecular weight excluding hydrogens is 218 g/mol. The first-order valence-corrected chi connectivity index (χ1v) is 6.37. The number of hydrogen-bond acceptors (Lipinski definition) is 3. The molecule has 0 aromatic heterocycles. The second kappa shape index (κ2) is 5.19. The topological polar surface area (TPSA) is 58.6 Å². The molecular formula is C13H21NO3. The number of carbonyl (C=O) groups excluding carboxylic acids is 1. The monoisotopic (exact) mass is 239 g/mol. The van der Waals surface area contributed by atoms with Crippen molar-refractivity contribution in [3.63, 3.8) is 0 Å². The smallest absolute Gasteiger partial charge is 0.220 e. The molecule has 1 aliphatic carbocycles. The van der Waals surface area contributed by atoms with Gasteiger partial charge < -0.3 is 15.2 Å². The summed E-state index contributed by atoms with van der Waals surface area (Å²) in [6, 6.07) is 0. The number of ether oxygens (including phenoxy) is 1. The van der Waals surface area contributed by atoms with Crippen LogP contribution >= 0.6 is 0 Å². The Hall–Kier alpha value is -0.870. The highest BCUT2D eigenvalue weighted by Gasteiger charge is 2.39. The summed E-state index contributed by atoms with van der Waals surface area (Å²) in [7, 11) is 0. The second-order valence-corrected chi connectivity index (χ2v) is 5.11. The van der Waals surface area contributed by atoms with Gasteiger partial charge >= 0.3 is 0 Å². The molecule has 4 heteroatoms. The molecule has 0 spiro atoms. The highest BCUT2D eigenvalue weighted by atomic mass is 16.5. The van der Waals surface area contributed by atoms with Crippen LogP contribution in [0.25, 0.3) is 0 Å². The average Bonchev–Trinajstić information content (AvgIpc) is 2.89. The van der Waals surface area contributed by atoms with Crippen molar-refractivity contribution < 1.29 is 14.6 Å². The van der Waals surface area contributed by atoms with Gasteiger partial charge in [0.1, 0.15) is 5.60 Å². The fourth-order valence-electron chi connectivity index (χ4n) is 2.43. The molecule has 0 saturated carbocycles. The van der Waals surface area contributed by atoms with E-state index in [4.69, 9.17) is 4.74 Å². The predicted octanol–water partition coefficient (Wildman–Crippen LogP) is 0.999. The highest BCUT2D eigenvalue weighted by Crippen LogP contribution is 2.25. The number of allylic oxidation sites excluding steroid dienone is 2. The molecule has 0 radical (unpaired) electrons. The van der Waals surface area contributed by atoms with Crippen LogP contribution in [0.1, 0.15) is 32.6 Å². The molecule has 1 amide bonds. The third-order valence-corrected chi connectivity index (χ3v) is 3.81. The van der Waals surface area contributed by atoms with Crippen molar-refractivity contribution in [3.8, 4) is 0 Å².